The van der Waals surface area contributed by atoms with Gasteiger partial charge < -0.3 is 5.11 Å². The van der Waals surface area contributed by atoms with Crippen LogP contribution < -0.4 is 0 Å². The Morgan fingerprint density at radius 1 is 1.50 bits per heavy atom. The molecule has 0 aromatic carbocycles. The van der Waals surface area contributed by atoms with Gasteiger partial charge >= 0.3 is 6.18 Å². The Bertz CT molecular complexity index is 117. The van der Waals surface area contributed by atoms with Crippen LogP contribution in [0.3, 0.4) is 0 Å². The van der Waals surface area contributed by atoms with Gasteiger partial charge in [0.2, 0.25) is 0 Å². The van der Waals surface area contributed by atoms with Crippen molar-refractivity contribution < 1.29 is 18.3 Å². The van der Waals surface area contributed by atoms with Gasteiger partial charge in [-0.2, -0.15) is 13.2 Å². The summed E-state index contributed by atoms with van der Waals surface area (Å²) in [6, 6.07) is 0. The first kappa shape index (κ1) is 9.49. The highest BCUT2D eigenvalue weighted by Gasteiger charge is 2.35. The molecular weight excluding hydrogens is 145 g/mol. The van der Waals surface area contributed by atoms with Crippen LogP contribution in [0.1, 0.15) is 13.3 Å². The van der Waals surface area contributed by atoms with E-state index in [0.717, 1.165) is 6.08 Å². The maximum atomic E-state index is 11.5. The molecule has 60 valence electrons. The summed E-state index contributed by atoms with van der Waals surface area (Å²) in [5, 5.41) is 8.30. The molecule has 1 N–H and O–H groups in total. The summed E-state index contributed by atoms with van der Waals surface area (Å²) in [6.45, 7) is 1.69. The van der Waals surface area contributed by atoms with Crippen molar-refractivity contribution in [3.8, 4) is 0 Å². The van der Waals surface area contributed by atoms with E-state index >= 15 is 0 Å². The first-order chi connectivity index (χ1) is 4.48. The summed E-state index contributed by atoms with van der Waals surface area (Å²) in [7, 11) is 0. The number of alkyl halides is 3. The third kappa shape index (κ3) is 3.50. The number of allylic oxidation sites excluding steroid dienone is 1. The minimum absolute atomic E-state index is 0.493. The molecule has 0 amide bonds. The molecule has 0 spiro atoms. The molecule has 0 saturated carbocycles. The van der Waals surface area contributed by atoms with Crippen molar-refractivity contribution in [3.63, 3.8) is 0 Å². The van der Waals surface area contributed by atoms with Crippen LogP contribution in [-0.4, -0.2) is 17.4 Å². The van der Waals surface area contributed by atoms with Crippen LogP contribution >= 0.6 is 0 Å². The zero-order valence-corrected chi connectivity index (χ0v) is 5.52. The average Bonchev–Trinajstić information content (AvgIpc) is 1.80. The molecule has 0 bridgehead atoms. The molecule has 1 nitrogen and oxygen atoms in total. The normalized spacial score (nSPS) is 16.1. The number of aliphatic hydroxyl groups excluding tert-OH is 1. The highest BCUT2D eigenvalue weighted by molar-refractivity contribution is 4.91. The summed E-state index contributed by atoms with van der Waals surface area (Å²) in [4.78, 5) is 0. The Kier molecular flexibility index (Phi) is 3.42. The molecule has 0 fully saturated rings. The van der Waals surface area contributed by atoms with E-state index < -0.39 is 12.3 Å². The molecule has 10 heavy (non-hydrogen) atoms. The van der Waals surface area contributed by atoms with Crippen LogP contribution in [-0.2, 0) is 0 Å². The van der Waals surface area contributed by atoms with Gasteiger partial charge in [-0.3, -0.25) is 0 Å². The topological polar surface area (TPSA) is 20.2 Å². The molecule has 0 unspecified atom stereocenters. The molecule has 0 aromatic rings. The van der Waals surface area contributed by atoms with Crippen molar-refractivity contribution >= 4 is 0 Å². The summed E-state index contributed by atoms with van der Waals surface area (Å²) in [5.41, 5.74) is 0. The Morgan fingerprint density at radius 3 is 2.30 bits per heavy atom. The molecule has 0 aliphatic heterocycles. The SMILES string of the molecule is CC/C=C/[C@@H](O)C(F)(F)F. The predicted molar refractivity (Wildman–Crippen MR) is 31.5 cm³/mol. The van der Waals surface area contributed by atoms with Crippen LogP contribution in [0.4, 0.5) is 13.2 Å². The van der Waals surface area contributed by atoms with E-state index in [0.29, 0.717) is 6.42 Å². The molecule has 0 heterocycles. The zero-order valence-electron chi connectivity index (χ0n) is 5.52. The van der Waals surface area contributed by atoms with E-state index in [1.54, 1.807) is 6.92 Å². The summed E-state index contributed by atoms with van der Waals surface area (Å²) in [6.07, 6.45) is -4.33. The molecule has 0 radical (unpaired) electrons. The second-order valence-electron chi connectivity index (χ2n) is 1.82. The second kappa shape index (κ2) is 3.61. The van der Waals surface area contributed by atoms with Gasteiger partial charge in [0.15, 0.2) is 6.10 Å². The summed E-state index contributed by atoms with van der Waals surface area (Å²) in [5.74, 6) is 0. The number of hydrogen-bond acceptors (Lipinski definition) is 1. The number of rotatable bonds is 2. The summed E-state index contributed by atoms with van der Waals surface area (Å²) < 4.78 is 34.4. The van der Waals surface area contributed by atoms with Crippen LogP contribution in [0.5, 0.6) is 0 Å². The van der Waals surface area contributed by atoms with Crippen molar-refractivity contribution in [2.24, 2.45) is 0 Å². The molecular formula is C6H9F3O. The smallest absolute Gasteiger partial charge is 0.380 e. The van der Waals surface area contributed by atoms with Crippen LogP contribution in [0.15, 0.2) is 12.2 Å². The van der Waals surface area contributed by atoms with Gasteiger partial charge in [-0.15, -0.1) is 0 Å². The second-order valence-corrected chi connectivity index (χ2v) is 1.82. The average molecular weight is 154 g/mol. The lowest BCUT2D eigenvalue weighted by molar-refractivity contribution is -0.187. The third-order valence-electron chi connectivity index (χ3n) is 0.889. The van der Waals surface area contributed by atoms with Crippen LogP contribution in [0.2, 0.25) is 0 Å². The monoisotopic (exact) mass is 154 g/mol. The Morgan fingerprint density at radius 2 is 2.00 bits per heavy atom. The van der Waals surface area contributed by atoms with Crippen molar-refractivity contribution in [2.75, 3.05) is 0 Å². The van der Waals surface area contributed by atoms with Gasteiger partial charge in [-0.25, -0.2) is 0 Å². The largest absolute Gasteiger partial charge is 0.417 e. The molecule has 4 heteroatoms. The van der Waals surface area contributed by atoms with Gasteiger partial charge in [0, 0.05) is 0 Å². The molecule has 0 aliphatic carbocycles. The molecule has 0 rings (SSSR count). The maximum Gasteiger partial charge on any atom is 0.417 e. The fourth-order valence-corrected chi connectivity index (χ4v) is 0.374. The van der Waals surface area contributed by atoms with E-state index in [9.17, 15) is 13.2 Å². The molecule has 0 saturated heterocycles. The van der Waals surface area contributed by atoms with E-state index in [1.165, 1.54) is 6.08 Å². The number of halogens is 3. The molecule has 0 aromatic heterocycles. The Labute approximate surface area is 57.2 Å². The lowest BCUT2D eigenvalue weighted by Gasteiger charge is -2.08. The van der Waals surface area contributed by atoms with Gasteiger partial charge in [-0.05, 0) is 6.42 Å². The standard InChI is InChI=1S/C6H9F3O/c1-2-3-4-5(10)6(7,8)9/h3-5,10H,2H2,1H3/b4-3+/t5-/m1/s1. The Hall–Kier alpha value is -0.510. The first-order valence-electron chi connectivity index (χ1n) is 2.90. The number of aliphatic hydroxyl groups is 1. The van der Waals surface area contributed by atoms with Crippen molar-refractivity contribution in [1.82, 2.24) is 0 Å². The third-order valence-corrected chi connectivity index (χ3v) is 0.889. The Balaban J connectivity index is 3.84. The lowest BCUT2D eigenvalue weighted by atomic mass is 10.3. The highest BCUT2D eigenvalue weighted by atomic mass is 19.4. The molecule has 1 atom stereocenters. The molecule has 0 aliphatic rings. The van der Waals surface area contributed by atoms with E-state index in [4.69, 9.17) is 5.11 Å². The van der Waals surface area contributed by atoms with E-state index in [2.05, 4.69) is 0 Å². The van der Waals surface area contributed by atoms with Gasteiger partial charge in [0.25, 0.3) is 0 Å². The van der Waals surface area contributed by atoms with Crippen LogP contribution in [0.25, 0.3) is 0 Å². The van der Waals surface area contributed by atoms with Crippen LogP contribution in [0, 0.1) is 0 Å². The van der Waals surface area contributed by atoms with Gasteiger partial charge in [0.1, 0.15) is 0 Å². The number of hydrogen-bond donors (Lipinski definition) is 1. The zero-order chi connectivity index (χ0) is 8.20. The maximum absolute atomic E-state index is 11.5. The lowest BCUT2D eigenvalue weighted by Crippen LogP contribution is -2.25. The predicted octanol–water partition coefficient (Wildman–Crippen LogP) is 1.88. The van der Waals surface area contributed by atoms with Crippen molar-refractivity contribution in [1.29, 1.82) is 0 Å². The van der Waals surface area contributed by atoms with E-state index in [1.807, 2.05) is 0 Å². The fourth-order valence-electron chi connectivity index (χ4n) is 0.374. The minimum Gasteiger partial charge on any atom is -0.380 e. The quantitative estimate of drug-likeness (QED) is 0.602. The first-order valence-corrected chi connectivity index (χ1v) is 2.90. The fraction of sp³-hybridized carbons (Fsp3) is 0.667. The summed E-state index contributed by atoms with van der Waals surface area (Å²) >= 11 is 0. The van der Waals surface area contributed by atoms with Gasteiger partial charge in [0.05, 0.1) is 0 Å². The minimum atomic E-state index is -4.52. The van der Waals surface area contributed by atoms with E-state index in [-0.39, 0.29) is 0 Å². The highest BCUT2D eigenvalue weighted by Crippen LogP contribution is 2.20. The van der Waals surface area contributed by atoms with Crippen molar-refractivity contribution in [2.45, 2.75) is 25.6 Å². The van der Waals surface area contributed by atoms with Gasteiger partial charge in [-0.1, -0.05) is 19.1 Å². The van der Waals surface area contributed by atoms with Crippen molar-refractivity contribution in [3.05, 3.63) is 12.2 Å².